The Balaban J connectivity index is 2.21. The Labute approximate surface area is 93.4 Å². The molecule has 1 heterocycles. The lowest BCUT2D eigenvalue weighted by molar-refractivity contribution is 0.688. The highest BCUT2D eigenvalue weighted by molar-refractivity contribution is 9.10. The van der Waals surface area contributed by atoms with E-state index in [2.05, 4.69) is 38.5 Å². The summed E-state index contributed by atoms with van der Waals surface area (Å²) in [7, 11) is 0. The molecule has 2 N–H and O–H groups in total. The summed E-state index contributed by atoms with van der Waals surface area (Å²) in [6.45, 7) is 5.15. The topological polar surface area (TPSA) is 37.0 Å². The lowest BCUT2D eigenvalue weighted by Crippen LogP contribution is -2.17. The lowest BCUT2D eigenvalue weighted by atomic mass is 10.4. The first-order chi connectivity index (χ1) is 6.84. The monoisotopic (exact) mass is 257 g/mol. The Morgan fingerprint density at radius 1 is 1.43 bits per heavy atom. The number of hydrogen-bond donors (Lipinski definition) is 2. The highest BCUT2D eigenvalue weighted by Crippen LogP contribution is 2.17. The van der Waals surface area contributed by atoms with Crippen LogP contribution in [0.3, 0.4) is 0 Å². The molecule has 0 aliphatic carbocycles. The average Bonchev–Trinajstić information content (AvgIpc) is 2.20. The zero-order valence-electron chi connectivity index (χ0n) is 8.39. The van der Waals surface area contributed by atoms with Gasteiger partial charge in [0.25, 0.3) is 0 Å². The van der Waals surface area contributed by atoms with Gasteiger partial charge in [0.15, 0.2) is 0 Å². The summed E-state index contributed by atoms with van der Waals surface area (Å²) >= 11 is 3.44. The quantitative estimate of drug-likeness (QED) is 0.768. The predicted molar refractivity (Wildman–Crippen MR) is 63.6 cm³/mol. The number of anilines is 1. The first-order valence-corrected chi connectivity index (χ1v) is 5.69. The van der Waals surface area contributed by atoms with Crippen molar-refractivity contribution in [1.29, 1.82) is 0 Å². The molecule has 0 amide bonds. The molecule has 78 valence electrons. The van der Waals surface area contributed by atoms with Crippen LogP contribution in [0, 0.1) is 0 Å². The minimum Gasteiger partial charge on any atom is -0.369 e. The van der Waals surface area contributed by atoms with Gasteiger partial charge in [0.2, 0.25) is 0 Å². The summed E-state index contributed by atoms with van der Waals surface area (Å²) in [5.74, 6) is 0.920. The number of aromatic nitrogens is 1. The predicted octanol–water partition coefficient (Wildman–Crippen LogP) is 2.26. The van der Waals surface area contributed by atoms with Crippen molar-refractivity contribution in [2.45, 2.75) is 13.3 Å². The third kappa shape index (κ3) is 4.07. The zero-order valence-corrected chi connectivity index (χ0v) is 9.97. The summed E-state index contributed by atoms with van der Waals surface area (Å²) < 4.78 is 1.02. The fourth-order valence-corrected chi connectivity index (χ4v) is 1.51. The van der Waals surface area contributed by atoms with E-state index in [1.165, 1.54) is 0 Å². The Morgan fingerprint density at radius 3 is 3.00 bits per heavy atom. The second-order valence-corrected chi connectivity index (χ2v) is 3.82. The Morgan fingerprint density at radius 2 is 2.29 bits per heavy atom. The van der Waals surface area contributed by atoms with Gasteiger partial charge in [-0.1, -0.05) is 6.92 Å². The molecule has 0 aliphatic heterocycles. The first-order valence-electron chi connectivity index (χ1n) is 4.89. The Kier molecular flexibility index (Phi) is 5.56. The van der Waals surface area contributed by atoms with Crippen LogP contribution < -0.4 is 10.6 Å². The molecular formula is C10H16BrN3. The summed E-state index contributed by atoms with van der Waals surface area (Å²) in [4.78, 5) is 4.22. The highest BCUT2D eigenvalue weighted by atomic mass is 79.9. The molecule has 0 saturated carbocycles. The van der Waals surface area contributed by atoms with Crippen LogP contribution in [-0.2, 0) is 0 Å². The normalized spacial score (nSPS) is 10.1. The third-order valence-electron chi connectivity index (χ3n) is 1.83. The molecule has 4 heteroatoms. The van der Waals surface area contributed by atoms with E-state index in [9.17, 15) is 0 Å². The van der Waals surface area contributed by atoms with Crippen molar-refractivity contribution in [1.82, 2.24) is 10.3 Å². The van der Waals surface area contributed by atoms with Crippen LogP contribution in [0.2, 0.25) is 0 Å². The van der Waals surface area contributed by atoms with E-state index >= 15 is 0 Å². The van der Waals surface area contributed by atoms with Gasteiger partial charge in [-0.2, -0.15) is 0 Å². The van der Waals surface area contributed by atoms with Gasteiger partial charge in [0, 0.05) is 12.7 Å². The molecule has 0 aromatic carbocycles. The Bertz CT molecular complexity index is 265. The van der Waals surface area contributed by atoms with E-state index in [1.807, 2.05) is 12.1 Å². The molecule has 1 aromatic rings. The van der Waals surface area contributed by atoms with Crippen LogP contribution >= 0.6 is 15.9 Å². The minimum absolute atomic E-state index is 0.920. The molecular weight excluding hydrogens is 242 g/mol. The molecule has 0 spiro atoms. The molecule has 0 atom stereocenters. The van der Waals surface area contributed by atoms with Crippen LogP contribution in [-0.4, -0.2) is 24.6 Å². The van der Waals surface area contributed by atoms with Crippen molar-refractivity contribution in [2.75, 3.05) is 25.0 Å². The highest BCUT2D eigenvalue weighted by Gasteiger charge is 1.97. The third-order valence-corrected chi connectivity index (χ3v) is 2.47. The molecule has 1 aromatic heterocycles. The van der Waals surface area contributed by atoms with Crippen molar-refractivity contribution < 1.29 is 0 Å². The standard InChI is InChI=1S/C10H16BrN3/c1-2-12-6-4-8-14-10-9(11)5-3-7-13-10/h3,5,7,12H,2,4,6,8H2,1H3,(H,13,14). The van der Waals surface area contributed by atoms with Gasteiger partial charge in [-0.3, -0.25) is 0 Å². The number of nitrogens with zero attached hydrogens (tertiary/aromatic N) is 1. The maximum atomic E-state index is 4.22. The van der Waals surface area contributed by atoms with E-state index in [1.54, 1.807) is 6.20 Å². The van der Waals surface area contributed by atoms with E-state index in [0.717, 1.165) is 36.3 Å². The first kappa shape index (κ1) is 11.5. The summed E-state index contributed by atoms with van der Waals surface area (Å²) in [5.41, 5.74) is 0. The SMILES string of the molecule is CCNCCCNc1ncccc1Br. The van der Waals surface area contributed by atoms with Gasteiger partial charge in [0.1, 0.15) is 5.82 Å². The molecule has 0 saturated heterocycles. The summed E-state index contributed by atoms with van der Waals surface area (Å²) in [6, 6.07) is 3.90. The van der Waals surface area contributed by atoms with E-state index in [4.69, 9.17) is 0 Å². The van der Waals surface area contributed by atoms with E-state index < -0.39 is 0 Å². The number of rotatable bonds is 6. The maximum Gasteiger partial charge on any atom is 0.140 e. The zero-order chi connectivity index (χ0) is 10.2. The fraction of sp³-hybridized carbons (Fsp3) is 0.500. The largest absolute Gasteiger partial charge is 0.369 e. The number of halogens is 1. The molecule has 0 fully saturated rings. The molecule has 0 unspecified atom stereocenters. The smallest absolute Gasteiger partial charge is 0.140 e. The molecule has 1 rings (SSSR count). The van der Waals surface area contributed by atoms with Gasteiger partial charge in [-0.05, 0) is 47.6 Å². The molecule has 14 heavy (non-hydrogen) atoms. The van der Waals surface area contributed by atoms with Crippen molar-refractivity contribution >= 4 is 21.7 Å². The van der Waals surface area contributed by atoms with Crippen LogP contribution in [0.15, 0.2) is 22.8 Å². The lowest BCUT2D eigenvalue weighted by Gasteiger charge is -2.06. The van der Waals surface area contributed by atoms with Crippen molar-refractivity contribution in [3.8, 4) is 0 Å². The summed E-state index contributed by atoms with van der Waals surface area (Å²) in [5, 5.41) is 6.55. The average molecular weight is 258 g/mol. The van der Waals surface area contributed by atoms with Gasteiger partial charge < -0.3 is 10.6 Å². The molecule has 0 radical (unpaired) electrons. The summed E-state index contributed by atoms with van der Waals surface area (Å²) in [6.07, 6.45) is 2.90. The van der Waals surface area contributed by atoms with Crippen LogP contribution in [0.1, 0.15) is 13.3 Å². The molecule has 0 bridgehead atoms. The minimum atomic E-state index is 0.920. The van der Waals surface area contributed by atoms with Crippen LogP contribution in [0.25, 0.3) is 0 Å². The van der Waals surface area contributed by atoms with Crippen molar-refractivity contribution in [2.24, 2.45) is 0 Å². The fourth-order valence-electron chi connectivity index (χ4n) is 1.11. The second kappa shape index (κ2) is 6.79. The Hall–Kier alpha value is -0.610. The van der Waals surface area contributed by atoms with E-state index in [0.29, 0.717) is 0 Å². The van der Waals surface area contributed by atoms with Gasteiger partial charge in [0.05, 0.1) is 4.47 Å². The van der Waals surface area contributed by atoms with Gasteiger partial charge in [-0.25, -0.2) is 4.98 Å². The van der Waals surface area contributed by atoms with Crippen LogP contribution in [0.4, 0.5) is 5.82 Å². The van der Waals surface area contributed by atoms with Crippen molar-refractivity contribution in [3.05, 3.63) is 22.8 Å². The van der Waals surface area contributed by atoms with Gasteiger partial charge >= 0.3 is 0 Å². The second-order valence-electron chi connectivity index (χ2n) is 2.97. The number of pyridine rings is 1. The molecule has 3 nitrogen and oxygen atoms in total. The molecule has 0 aliphatic rings. The van der Waals surface area contributed by atoms with Crippen LogP contribution in [0.5, 0.6) is 0 Å². The van der Waals surface area contributed by atoms with Gasteiger partial charge in [-0.15, -0.1) is 0 Å². The number of nitrogens with one attached hydrogen (secondary N) is 2. The van der Waals surface area contributed by atoms with E-state index in [-0.39, 0.29) is 0 Å². The number of hydrogen-bond acceptors (Lipinski definition) is 3. The maximum absolute atomic E-state index is 4.22. The van der Waals surface area contributed by atoms with Crippen molar-refractivity contribution in [3.63, 3.8) is 0 Å².